The van der Waals surface area contributed by atoms with Crippen LogP contribution in [0.3, 0.4) is 0 Å². The highest BCUT2D eigenvalue weighted by molar-refractivity contribution is 5.50. The van der Waals surface area contributed by atoms with E-state index < -0.39 is 0 Å². The van der Waals surface area contributed by atoms with Gasteiger partial charge in [0, 0.05) is 11.3 Å². The molecule has 0 spiro atoms. The number of anilines is 1. The molecule has 3 nitrogen and oxygen atoms in total. The van der Waals surface area contributed by atoms with Crippen molar-refractivity contribution < 1.29 is 9.84 Å². The molecular weight excluding hydrogens is 262 g/mol. The highest BCUT2D eigenvalue weighted by Crippen LogP contribution is 2.28. The Hall–Kier alpha value is -2.16. The first-order valence-corrected chi connectivity index (χ1v) is 7.39. The fraction of sp³-hybridized carbons (Fsp3) is 0.333. The van der Waals surface area contributed by atoms with Crippen LogP contribution in [0, 0.1) is 6.92 Å². The molecule has 0 bridgehead atoms. The largest absolute Gasteiger partial charge is 0.508 e. The Bertz CT molecular complexity index is 578. The Labute approximate surface area is 126 Å². The number of rotatable bonds is 6. The fourth-order valence-electron chi connectivity index (χ4n) is 2.22. The second-order valence-corrected chi connectivity index (χ2v) is 5.30. The number of ether oxygens (including phenoxy) is 1. The van der Waals surface area contributed by atoms with Crippen molar-refractivity contribution in [3.63, 3.8) is 0 Å². The van der Waals surface area contributed by atoms with Gasteiger partial charge in [0.25, 0.3) is 0 Å². The van der Waals surface area contributed by atoms with E-state index in [9.17, 15) is 5.11 Å². The van der Waals surface area contributed by atoms with Crippen LogP contribution >= 0.6 is 0 Å². The van der Waals surface area contributed by atoms with Crippen LogP contribution in [0.15, 0.2) is 42.5 Å². The average Bonchev–Trinajstić information content (AvgIpc) is 2.49. The van der Waals surface area contributed by atoms with E-state index in [1.54, 1.807) is 6.07 Å². The van der Waals surface area contributed by atoms with Crippen molar-refractivity contribution in [3.05, 3.63) is 53.6 Å². The quantitative estimate of drug-likeness (QED) is 0.811. The van der Waals surface area contributed by atoms with Crippen LogP contribution < -0.4 is 10.1 Å². The van der Waals surface area contributed by atoms with Gasteiger partial charge in [-0.15, -0.1) is 0 Å². The molecule has 0 amide bonds. The van der Waals surface area contributed by atoms with E-state index in [0.29, 0.717) is 5.75 Å². The summed E-state index contributed by atoms with van der Waals surface area (Å²) in [6.07, 6.45) is 1.00. The predicted molar refractivity (Wildman–Crippen MR) is 87.1 cm³/mol. The third-order valence-electron chi connectivity index (χ3n) is 3.36. The third-order valence-corrected chi connectivity index (χ3v) is 3.36. The Kier molecular flexibility index (Phi) is 5.09. The van der Waals surface area contributed by atoms with E-state index in [4.69, 9.17) is 4.74 Å². The molecule has 0 heterocycles. The highest BCUT2D eigenvalue weighted by Gasteiger charge is 2.10. The number of phenolic OH excluding ortho intramolecular Hbond substituents is 1. The molecule has 0 saturated carbocycles. The molecule has 0 fully saturated rings. The molecule has 2 rings (SSSR count). The normalized spacial score (nSPS) is 12.0. The van der Waals surface area contributed by atoms with Gasteiger partial charge >= 0.3 is 0 Å². The summed E-state index contributed by atoms with van der Waals surface area (Å²) in [4.78, 5) is 0. The molecule has 0 aromatic heterocycles. The lowest BCUT2D eigenvalue weighted by molar-refractivity contribution is 0.317. The number of aryl methyl sites for hydroxylation is 1. The van der Waals surface area contributed by atoms with Gasteiger partial charge in [0.05, 0.1) is 12.6 Å². The predicted octanol–water partition coefficient (Wildman–Crippen LogP) is 4.66. The maximum atomic E-state index is 9.96. The molecule has 21 heavy (non-hydrogen) atoms. The lowest BCUT2D eigenvalue weighted by atomic mass is 10.0. The van der Waals surface area contributed by atoms with Gasteiger partial charge in [-0.1, -0.05) is 24.6 Å². The summed E-state index contributed by atoms with van der Waals surface area (Å²) in [7, 11) is 0. The number of hydrogen-bond acceptors (Lipinski definition) is 3. The maximum Gasteiger partial charge on any atom is 0.120 e. The van der Waals surface area contributed by atoms with Crippen molar-refractivity contribution >= 4 is 5.69 Å². The van der Waals surface area contributed by atoms with Gasteiger partial charge < -0.3 is 15.2 Å². The van der Waals surface area contributed by atoms with Crippen LogP contribution in [0.25, 0.3) is 0 Å². The van der Waals surface area contributed by atoms with Crippen LogP contribution in [0.4, 0.5) is 5.69 Å². The van der Waals surface area contributed by atoms with Crippen molar-refractivity contribution in [3.8, 4) is 11.5 Å². The molecule has 1 atom stereocenters. The van der Waals surface area contributed by atoms with Crippen molar-refractivity contribution in [2.45, 2.75) is 33.2 Å². The minimum Gasteiger partial charge on any atom is -0.508 e. The van der Waals surface area contributed by atoms with Crippen LogP contribution in [0.5, 0.6) is 11.5 Å². The minimum atomic E-state index is 0.0345. The number of nitrogens with one attached hydrogen (secondary N) is 1. The monoisotopic (exact) mass is 285 g/mol. The second-order valence-electron chi connectivity index (χ2n) is 5.30. The van der Waals surface area contributed by atoms with E-state index in [0.717, 1.165) is 35.6 Å². The average molecular weight is 285 g/mol. The van der Waals surface area contributed by atoms with Crippen molar-refractivity contribution in [2.75, 3.05) is 11.9 Å². The lowest BCUT2D eigenvalue weighted by Crippen LogP contribution is -2.07. The van der Waals surface area contributed by atoms with Gasteiger partial charge in [0.1, 0.15) is 11.5 Å². The molecule has 0 aliphatic heterocycles. The van der Waals surface area contributed by atoms with Crippen molar-refractivity contribution in [1.82, 2.24) is 0 Å². The smallest absolute Gasteiger partial charge is 0.120 e. The molecule has 2 N–H and O–H groups in total. The molecule has 112 valence electrons. The summed E-state index contributed by atoms with van der Waals surface area (Å²) in [6, 6.07) is 13.6. The molecule has 3 heteroatoms. The van der Waals surface area contributed by atoms with Gasteiger partial charge in [0.2, 0.25) is 0 Å². The summed E-state index contributed by atoms with van der Waals surface area (Å²) in [5.74, 6) is 1.21. The number of benzene rings is 2. The first-order valence-electron chi connectivity index (χ1n) is 7.39. The van der Waals surface area contributed by atoms with E-state index >= 15 is 0 Å². The van der Waals surface area contributed by atoms with Gasteiger partial charge in [-0.25, -0.2) is 0 Å². The lowest BCUT2D eigenvalue weighted by Gasteiger charge is -2.18. The number of phenols is 1. The Morgan fingerprint density at radius 2 is 1.86 bits per heavy atom. The molecule has 1 unspecified atom stereocenters. The molecule has 2 aromatic carbocycles. The Morgan fingerprint density at radius 3 is 2.52 bits per heavy atom. The second kappa shape index (κ2) is 7.02. The summed E-state index contributed by atoms with van der Waals surface area (Å²) < 4.78 is 5.57. The zero-order chi connectivity index (χ0) is 15.2. The van der Waals surface area contributed by atoms with E-state index in [1.807, 2.05) is 50.2 Å². The van der Waals surface area contributed by atoms with E-state index in [2.05, 4.69) is 12.2 Å². The van der Waals surface area contributed by atoms with Crippen LogP contribution in [0.2, 0.25) is 0 Å². The van der Waals surface area contributed by atoms with Gasteiger partial charge in [-0.2, -0.15) is 0 Å². The SMILES string of the molecule is CCCOc1ccc(NC(C)c2cc(C)ccc2O)cc1. The van der Waals surface area contributed by atoms with E-state index in [1.165, 1.54) is 0 Å². The minimum absolute atomic E-state index is 0.0345. The summed E-state index contributed by atoms with van der Waals surface area (Å²) >= 11 is 0. The maximum absolute atomic E-state index is 9.96. The molecule has 0 saturated heterocycles. The van der Waals surface area contributed by atoms with Crippen molar-refractivity contribution in [1.29, 1.82) is 0 Å². The summed E-state index contributed by atoms with van der Waals surface area (Å²) in [5, 5.41) is 13.4. The topological polar surface area (TPSA) is 41.5 Å². The highest BCUT2D eigenvalue weighted by atomic mass is 16.5. The summed E-state index contributed by atoms with van der Waals surface area (Å²) in [5.41, 5.74) is 3.05. The molecule has 0 aliphatic carbocycles. The zero-order valence-corrected chi connectivity index (χ0v) is 12.9. The number of aromatic hydroxyl groups is 1. The van der Waals surface area contributed by atoms with Crippen LogP contribution in [-0.2, 0) is 0 Å². The third kappa shape index (κ3) is 4.15. The molecule has 0 aliphatic rings. The molecular formula is C18H23NO2. The molecule has 0 radical (unpaired) electrons. The first-order chi connectivity index (χ1) is 10.1. The Morgan fingerprint density at radius 1 is 1.14 bits per heavy atom. The molecule has 2 aromatic rings. The zero-order valence-electron chi connectivity index (χ0n) is 12.9. The Balaban J connectivity index is 2.05. The standard InChI is InChI=1S/C18H23NO2/c1-4-11-21-16-8-6-15(7-9-16)19-14(3)17-12-13(2)5-10-18(17)20/h5-10,12,14,19-20H,4,11H2,1-3H3. The van der Waals surface area contributed by atoms with Crippen LogP contribution in [-0.4, -0.2) is 11.7 Å². The van der Waals surface area contributed by atoms with Crippen LogP contribution in [0.1, 0.15) is 37.4 Å². The van der Waals surface area contributed by atoms with Gasteiger partial charge in [0.15, 0.2) is 0 Å². The van der Waals surface area contributed by atoms with Gasteiger partial charge in [-0.05, 0) is 50.6 Å². The van der Waals surface area contributed by atoms with Gasteiger partial charge in [-0.3, -0.25) is 0 Å². The first kappa shape index (κ1) is 15.2. The van der Waals surface area contributed by atoms with Crippen molar-refractivity contribution in [2.24, 2.45) is 0 Å². The van der Waals surface area contributed by atoms with E-state index in [-0.39, 0.29) is 6.04 Å². The summed E-state index contributed by atoms with van der Waals surface area (Å²) in [6.45, 7) is 6.89. The number of hydrogen-bond donors (Lipinski definition) is 2. The fourth-order valence-corrected chi connectivity index (χ4v) is 2.22.